The second-order valence-electron chi connectivity index (χ2n) is 8.37. The summed E-state index contributed by atoms with van der Waals surface area (Å²) in [7, 11) is 0. The van der Waals surface area contributed by atoms with E-state index >= 15 is 0 Å². The van der Waals surface area contributed by atoms with Crippen molar-refractivity contribution in [2.45, 2.75) is 92.1 Å². The van der Waals surface area contributed by atoms with Crippen molar-refractivity contribution in [1.82, 2.24) is 0 Å². The van der Waals surface area contributed by atoms with E-state index in [1.807, 2.05) is 0 Å². The summed E-state index contributed by atoms with van der Waals surface area (Å²) in [6.45, 7) is -2.07. The van der Waals surface area contributed by atoms with Gasteiger partial charge in [0.15, 0.2) is 18.9 Å². The van der Waals surface area contributed by atoms with Gasteiger partial charge in [-0.05, 0) is 0 Å². The van der Waals surface area contributed by atoms with Gasteiger partial charge < -0.3 is 79.9 Å². The van der Waals surface area contributed by atoms with E-state index in [-0.39, 0.29) is 0 Å². The highest BCUT2D eigenvalue weighted by atomic mass is 16.7. The summed E-state index contributed by atoms with van der Waals surface area (Å²) >= 11 is 0. The third-order valence-electron chi connectivity index (χ3n) is 6.07. The Balaban J connectivity index is 1.66. The van der Waals surface area contributed by atoms with Crippen molar-refractivity contribution < 1.29 is 79.9 Å². The van der Waals surface area contributed by atoms with Gasteiger partial charge in [-0.3, -0.25) is 0 Å². The van der Waals surface area contributed by atoms with Crippen LogP contribution in [0.4, 0.5) is 0 Å². The lowest BCUT2D eigenvalue weighted by molar-refractivity contribution is -0.362. The Hall–Kier alpha value is -0.640. The molecule has 0 bridgehead atoms. The molecule has 3 heterocycles. The van der Waals surface area contributed by atoms with Crippen molar-refractivity contribution in [3.8, 4) is 0 Å². The first kappa shape index (κ1) is 27.9. The first-order valence-corrected chi connectivity index (χ1v) is 10.6. The minimum atomic E-state index is -1.87. The molecule has 3 aliphatic heterocycles. The summed E-state index contributed by atoms with van der Waals surface area (Å²) in [6, 6.07) is 0. The Bertz CT molecular complexity index is 637. The molecule has 3 aliphatic rings. The summed E-state index contributed by atoms with van der Waals surface area (Å²) in [6.07, 6.45) is -24.9. The quantitative estimate of drug-likeness (QED) is 0.154. The zero-order chi connectivity index (χ0) is 25.3. The molecule has 200 valence electrons. The second-order valence-corrected chi connectivity index (χ2v) is 8.37. The lowest BCUT2D eigenvalue weighted by Crippen LogP contribution is -2.65. The summed E-state index contributed by atoms with van der Waals surface area (Å²) < 4.78 is 26.3. The Labute approximate surface area is 192 Å². The van der Waals surface area contributed by atoms with Crippen LogP contribution in [-0.2, 0) is 23.7 Å². The number of aliphatic hydroxyl groups is 11. The molecule has 0 spiro atoms. The number of aliphatic hydroxyl groups excluding tert-OH is 11. The fourth-order valence-corrected chi connectivity index (χ4v) is 3.95. The Kier molecular flexibility index (Phi) is 9.54. The molecule has 15 atom stereocenters. The van der Waals surface area contributed by atoms with Crippen LogP contribution < -0.4 is 0 Å². The highest BCUT2D eigenvalue weighted by molar-refractivity contribution is 4.94. The molecule has 0 aromatic heterocycles. The molecule has 0 radical (unpaired) electrons. The molecule has 0 amide bonds. The van der Waals surface area contributed by atoms with Crippen molar-refractivity contribution in [3.05, 3.63) is 0 Å². The van der Waals surface area contributed by atoms with Gasteiger partial charge in [-0.2, -0.15) is 0 Å². The van der Waals surface area contributed by atoms with E-state index < -0.39 is 112 Å². The van der Waals surface area contributed by atoms with Crippen molar-refractivity contribution in [1.29, 1.82) is 0 Å². The number of hydrogen-bond acceptors (Lipinski definition) is 16. The standard InChI is InChI=1S/C18H32O16/c19-1-4-7(21)9(23)13(27)17(32-4)30-3-6-8(22)10(24)14(28)18(33-6)34-15-5(2-20)31-16(29)12(26)11(15)25/h4-29H,1-3H2/t4?,5?,6?,7-,8-,9+,10+,11-,12?,13?,14?,15-,16?,17+,18-/m1/s1. The number of rotatable bonds is 7. The highest BCUT2D eigenvalue weighted by Crippen LogP contribution is 2.29. The average molecular weight is 504 g/mol. The Morgan fingerprint density at radius 1 is 0.500 bits per heavy atom. The van der Waals surface area contributed by atoms with Gasteiger partial charge in [0.05, 0.1) is 19.8 Å². The summed E-state index contributed by atoms with van der Waals surface area (Å²) in [5, 5.41) is 109. The van der Waals surface area contributed by atoms with Gasteiger partial charge >= 0.3 is 0 Å². The highest BCUT2D eigenvalue weighted by Gasteiger charge is 2.51. The molecular weight excluding hydrogens is 472 g/mol. The van der Waals surface area contributed by atoms with Crippen LogP contribution in [0.5, 0.6) is 0 Å². The van der Waals surface area contributed by atoms with Crippen LogP contribution in [0.3, 0.4) is 0 Å². The van der Waals surface area contributed by atoms with Crippen molar-refractivity contribution >= 4 is 0 Å². The second kappa shape index (κ2) is 11.6. The predicted octanol–water partition coefficient (Wildman–Crippen LogP) is -7.57. The van der Waals surface area contributed by atoms with E-state index in [2.05, 4.69) is 0 Å². The van der Waals surface area contributed by atoms with Crippen LogP contribution in [-0.4, -0.2) is 168 Å². The molecule has 11 N–H and O–H groups in total. The molecular formula is C18H32O16. The fourth-order valence-electron chi connectivity index (χ4n) is 3.95. The molecule has 7 unspecified atom stereocenters. The lowest BCUT2D eigenvalue weighted by Gasteiger charge is -2.45. The average Bonchev–Trinajstić information content (AvgIpc) is 2.82. The predicted molar refractivity (Wildman–Crippen MR) is 101 cm³/mol. The van der Waals surface area contributed by atoms with Crippen LogP contribution in [0.1, 0.15) is 0 Å². The first-order valence-electron chi connectivity index (χ1n) is 10.6. The molecule has 0 aromatic rings. The maximum absolute atomic E-state index is 10.3. The molecule has 34 heavy (non-hydrogen) atoms. The third kappa shape index (κ3) is 5.52. The van der Waals surface area contributed by atoms with Crippen LogP contribution in [0.2, 0.25) is 0 Å². The van der Waals surface area contributed by atoms with Gasteiger partial charge in [-0.25, -0.2) is 0 Å². The van der Waals surface area contributed by atoms with Gasteiger partial charge in [-0.1, -0.05) is 0 Å². The molecule has 16 nitrogen and oxygen atoms in total. The van der Waals surface area contributed by atoms with E-state index in [0.717, 1.165) is 0 Å². The minimum absolute atomic E-state index is 0.609. The van der Waals surface area contributed by atoms with E-state index in [4.69, 9.17) is 23.7 Å². The Morgan fingerprint density at radius 3 is 1.62 bits per heavy atom. The molecule has 0 saturated carbocycles. The molecule has 3 rings (SSSR count). The van der Waals surface area contributed by atoms with E-state index in [0.29, 0.717) is 0 Å². The van der Waals surface area contributed by atoms with E-state index in [1.165, 1.54) is 0 Å². The zero-order valence-corrected chi connectivity index (χ0v) is 17.7. The van der Waals surface area contributed by atoms with Crippen LogP contribution in [0, 0.1) is 0 Å². The summed E-state index contributed by atoms with van der Waals surface area (Å²) in [5.74, 6) is 0. The van der Waals surface area contributed by atoms with Crippen LogP contribution >= 0.6 is 0 Å². The van der Waals surface area contributed by atoms with Crippen LogP contribution in [0.15, 0.2) is 0 Å². The third-order valence-corrected chi connectivity index (χ3v) is 6.07. The van der Waals surface area contributed by atoms with Gasteiger partial charge in [0.2, 0.25) is 0 Å². The van der Waals surface area contributed by atoms with Gasteiger partial charge in [-0.15, -0.1) is 0 Å². The smallest absolute Gasteiger partial charge is 0.187 e. The Morgan fingerprint density at radius 2 is 1.03 bits per heavy atom. The maximum atomic E-state index is 10.3. The molecule has 16 heteroatoms. The number of ether oxygens (including phenoxy) is 5. The number of hydrogen-bond donors (Lipinski definition) is 11. The first-order chi connectivity index (χ1) is 16.0. The zero-order valence-electron chi connectivity index (χ0n) is 17.7. The van der Waals surface area contributed by atoms with Crippen molar-refractivity contribution in [2.24, 2.45) is 0 Å². The van der Waals surface area contributed by atoms with Gasteiger partial charge in [0, 0.05) is 0 Å². The van der Waals surface area contributed by atoms with Gasteiger partial charge in [0.1, 0.15) is 73.2 Å². The SMILES string of the molecule is OCC1O[C@H](OCC2O[C@H](O[C@@H]3C(CO)OC(O)C(O)[C@H]3O)C(O)[C@@H](O)[C@@H]2O)C(O)[C@@H](O)[C@@H]1O. The van der Waals surface area contributed by atoms with Gasteiger partial charge in [0.25, 0.3) is 0 Å². The fraction of sp³-hybridized carbons (Fsp3) is 1.00. The van der Waals surface area contributed by atoms with E-state index in [9.17, 15) is 56.2 Å². The summed E-state index contributed by atoms with van der Waals surface area (Å²) in [5.41, 5.74) is 0. The molecule has 0 aromatic carbocycles. The molecule has 0 aliphatic carbocycles. The molecule has 3 saturated heterocycles. The van der Waals surface area contributed by atoms with E-state index in [1.54, 1.807) is 0 Å². The topological polar surface area (TPSA) is 269 Å². The maximum Gasteiger partial charge on any atom is 0.187 e. The summed E-state index contributed by atoms with van der Waals surface area (Å²) in [4.78, 5) is 0. The van der Waals surface area contributed by atoms with Crippen molar-refractivity contribution in [2.75, 3.05) is 19.8 Å². The van der Waals surface area contributed by atoms with Crippen molar-refractivity contribution in [3.63, 3.8) is 0 Å². The largest absolute Gasteiger partial charge is 0.394 e. The minimum Gasteiger partial charge on any atom is -0.394 e. The normalized spacial score (nSPS) is 52.5. The lowest BCUT2D eigenvalue weighted by atomic mass is 9.97. The monoisotopic (exact) mass is 504 g/mol. The molecule has 3 fully saturated rings. The van der Waals surface area contributed by atoms with Crippen LogP contribution in [0.25, 0.3) is 0 Å².